The summed E-state index contributed by atoms with van der Waals surface area (Å²) in [5, 5.41) is 13.7. The van der Waals surface area contributed by atoms with Crippen molar-refractivity contribution in [3.05, 3.63) is 52.2 Å². The van der Waals surface area contributed by atoms with Crippen molar-refractivity contribution in [1.29, 1.82) is 0 Å². The molecule has 0 amide bonds. The van der Waals surface area contributed by atoms with Gasteiger partial charge >= 0.3 is 0 Å². The van der Waals surface area contributed by atoms with E-state index in [1.807, 2.05) is 6.92 Å². The predicted octanol–water partition coefficient (Wildman–Crippen LogP) is 2.25. The Morgan fingerprint density at radius 1 is 1.24 bits per heavy atom. The number of rotatable bonds is 7. The van der Waals surface area contributed by atoms with Crippen LogP contribution in [-0.4, -0.2) is 27.5 Å². The molecule has 6 nitrogen and oxygen atoms in total. The van der Waals surface area contributed by atoms with Crippen molar-refractivity contribution in [3.8, 4) is 0 Å². The number of nitrogens with zero attached hydrogens (tertiary/aromatic N) is 1. The van der Waals surface area contributed by atoms with Crippen molar-refractivity contribution >= 4 is 27.3 Å². The lowest BCUT2D eigenvalue weighted by atomic mass is 10.1. The fourth-order valence-electron chi connectivity index (χ4n) is 2.22. The van der Waals surface area contributed by atoms with Gasteiger partial charge in [-0.25, -0.2) is 18.5 Å². The molecule has 0 spiro atoms. The number of guanidine groups is 1. The minimum Gasteiger partial charge on any atom is -0.357 e. The fourth-order valence-corrected chi connectivity index (χ4v) is 3.52. The summed E-state index contributed by atoms with van der Waals surface area (Å²) in [6, 6.07) is 10.6. The lowest BCUT2D eigenvalue weighted by Gasteiger charge is -2.15. The third-order valence-electron chi connectivity index (χ3n) is 3.62. The maximum atomic E-state index is 11.3. The second kappa shape index (κ2) is 8.98. The highest BCUT2D eigenvalue weighted by Gasteiger charge is 2.08. The Kier molecular flexibility index (Phi) is 6.98. The zero-order chi connectivity index (χ0) is 18.3. The number of nitrogens with one attached hydrogen (secondary N) is 2. The normalized spacial score (nSPS) is 13.5. The standard InChI is InChI=1S/C17H24N4O2S2/c1-3-19-17(20-11-13(2)16-5-4-10-24-16)21-12-14-6-8-15(9-7-14)25(18,22)23/h4-10,13H,3,11-12H2,1-2H3,(H2,18,22,23)(H2,19,20,21). The van der Waals surface area contributed by atoms with Gasteiger partial charge < -0.3 is 10.6 Å². The van der Waals surface area contributed by atoms with Crippen LogP contribution in [0.2, 0.25) is 0 Å². The van der Waals surface area contributed by atoms with Gasteiger partial charge in [0, 0.05) is 23.9 Å². The molecule has 1 atom stereocenters. The minimum atomic E-state index is -3.66. The fraction of sp³-hybridized carbons (Fsp3) is 0.353. The molecule has 1 aromatic carbocycles. The number of hydrogen-bond acceptors (Lipinski definition) is 4. The Morgan fingerprint density at radius 2 is 1.96 bits per heavy atom. The van der Waals surface area contributed by atoms with Gasteiger partial charge in [-0.15, -0.1) is 11.3 Å². The molecule has 8 heteroatoms. The van der Waals surface area contributed by atoms with Gasteiger partial charge in [-0.05, 0) is 36.1 Å². The Bertz CT molecular complexity index is 785. The summed E-state index contributed by atoms with van der Waals surface area (Å²) in [6.07, 6.45) is 0. The van der Waals surface area contributed by atoms with Crippen molar-refractivity contribution < 1.29 is 8.42 Å². The predicted molar refractivity (Wildman–Crippen MR) is 103 cm³/mol. The molecule has 0 radical (unpaired) electrons. The van der Waals surface area contributed by atoms with Gasteiger partial charge in [-0.2, -0.15) is 0 Å². The van der Waals surface area contributed by atoms with E-state index in [2.05, 4.69) is 40.1 Å². The average Bonchev–Trinajstić information content (AvgIpc) is 3.11. The quantitative estimate of drug-likeness (QED) is 0.507. The number of benzene rings is 1. The zero-order valence-electron chi connectivity index (χ0n) is 14.4. The van der Waals surface area contributed by atoms with Crippen molar-refractivity contribution in [2.75, 3.05) is 13.1 Å². The Labute approximate surface area is 153 Å². The third-order valence-corrected chi connectivity index (χ3v) is 5.65. The molecule has 0 aliphatic rings. The molecule has 1 heterocycles. The summed E-state index contributed by atoms with van der Waals surface area (Å²) in [5.74, 6) is 1.14. The van der Waals surface area contributed by atoms with Crippen LogP contribution in [0.4, 0.5) is 0 Å². The zero-order valence-corrected chi connectivity index (χ0v) is 16.0. The SMILES string of the molecule is CCNC(=NCc1ccc(S(N)(=O)=O)cc1)NCC(C)c1cccs1. The highest BCUT2D eigenvalue weighted by atomic mass is 32.2. The molecule has 2 rings (SSSR count). The first kappa shape index (κ1) is 19.4. The van der Waals surface area contributed by atoms with E-state index in [4.69, 9.17) is 5.14 Å². The van der Waals surface area contributed by atoms with E-state index in [-0.39, 0.29) is 4.90 Å². The van der Waals surface area contributed by atoms with Gasteiger partial charge in [0.05, 0.1) is 11.4 Å². The van der Waals surface area contributed by atoms with E-state index in [0.717, 1.165) is 24.6 Å². The van der Waals surface area contributed by atoms with Crippen LogP contribution in [0.1, 0.15) is 30.2 Å². The number of hydrogen-bond donors (Lipinski definition) is 3. The molecule has 1 unspecified atom stereocenters. The second-order valence-corrected chi connectivity index (χ2v) is 8.22. The van der Waals surface area contributed by atoms with Crippen LogP contribution in [0.3, 0.4) is 0 Å². The van der Waals surface area contributed by atoms with Crippen LogP contribution >= 0.6 is 11.3 Å². The van der Waals surface area contributed by atoms with Gasteiger partial charge in [0.2, 0.25) is 10.0 Å². The Morgan fingerprint density at radius 3 is 2.52 bits per heavy atom. The van der Waals surface area contributed by atoms with E-state index in [0.29, 0.717) is 12.5 Å². The molecule has 2 aromatic rings. The summed E-state index contributed by atoms with van der Waals surface area (Å²) in [4.78, 5) is 5.99. The van der Waals surface area contributed by atoms with Crippen molar-refractivity contribution in [2.24, 2.45) is 10.1 Å². The number of thiophene rings is 1. The van der Waals surface area contributed by atoms with Crippen molar-refractivity contribution in [2.45, 2.75) is 31.2 Å². The first-order chi connectivity index (χ1) is 11.9. The van der Waals surface area contributed by atoms with Crippen LogP contribution in [0, 0.1) is 0 Å². The van der Waals surface area contributed by atoms with Gasteiger partial charge in [0.25, 0.3) is 0 Å². The molecule has 0 saturated carbocycles. The average molecular weight is 381 g/mol. The van der Waals surface area contributed by atoms with Crippen molar-refractivity contribution in [1.82, 2.24) is 10.6 Å². The molecule has 25 heavy (non-hydrogen) atoms. The van der Waals surface area contributed by atoms with Crippen LogP contribution in [-0.2, 0) is 16.6 Å². The summed E-state index contributed by atoms with van der Waals surface area (Å²) in [7, 11) is -3.66. The first-order valence-corrected chi connectivity index (χ1v) is 10.5. The molecule has 0 fully saturated rings. The molecule has 136 valence electrons. The molecule has 0 aliphatic carbocycles. The largest absolute Gasteiger partial charge is 0.357 e. The van der Waals surface area contributed by atoms with E-state index in [1.54, 1.807) is 23.5 Å². The lowest BCUT2D eigenvalue weighted by Crippen LogP contribution is -2.39. The van der Waals surface area contributed by atoms with Crippen LogP contribution in [0.15, 0.2) is 51.7 Å². The first-order valence-electron chi connectivity index (χ1n) is 8.07. The topological polar surface area (TPSA) is 96.6 Å². The summed E-state index contributed by atoms with van der Waals surface area (Å²) in [5.41, 5.74) is 0.913. The molecule has 0 bridgehead atoms. The smallest absolute Gasteiger partial charge is 0.238 e. The molecule has 4 N–H and O–H groups in total. The lowest BCUT2D eigenvalue weighted by molar-refractivity contribution is 0.598. The number of sulfonamides is 1. The van der Waals surface area contributed by atoms with E-state index < -0.39 is 10.0 Å². The molecule has 0 aliphatic heterocycles. The maximum Gasteiger partial charge on any atom is 0.238 e. The van der Waals surface area contributed by atoms with Crippen LogP contribution < -0.4 is 15.8 Å². The van der Waals surface area contributed by atoms with Gasteiger partial charge in [0.15, 0.2) is 5.96 Å². The van der Waals surface area contributed by atoms with E-state index in [9.17, 15) is 8.42 Å². The second-order valence-electron chi connectivity index (χ2n) is 5.68. The summed E-state index contributed by atoms with van der Waals surface area (Å²) >= 11 is 1.75. The highest BCUT2D eigenvalue weighted by Crippen LogP contribution is 2.19. The Balaban J connectivity index is 1.96. The molecular weight excluding hydrogens is 356 g/mol. The highest BCUT2D eigenvalue weighted by molar-refractivity contribution is 7.89. The minimum absolute atomic E-state index is 0.107. The molecule has 1 aromatic heterocycles. The van der Waals surface area contributed by atoms with Crippen molar-refractivity contribution in [3.63, 3.8) is 0 Å². The Hall–Kier alpha value is -1.90. The van der Waals surface area contributed by atoms with E-state index in [1.165, 1.54) is 17.0 Å². The van der Waals surface area contributed by atoms with Gasteiger partial charge in [0.1, 0.15) is 0 Å². The maximum absolute atomic E-state index is 11.3. The summed E-state index contributed by atoms with van der Waals surface area (Å²) in [6.45, 7) is 6.20. The number of primary sulfonamides is 1. The molecule has 0 saturated heterocycles. The monoisotopic (exact) mass is 380 g/mol. The molecular formula is C17H24N4O2S2. The van der Waals surface area contributed by atoms with E-state index >= 15 is 0 Å². The summed E-state index contributed by atoms with van der Waals surface area (Å²) < 4.78 is 22.5. The third kappa shape index (κ3) is 6.15. The van der Waals surface area contributed by atoms with Crippen LogP contribution in [0.25, 0.3) is 0 Å². The number of aliphatic imine (C=N–C) groups is 1. The number of nitrogens with two attached hydrogens (primary N) is 1. The van der Waals surface area contributed by atoms with Gasteiger partial charge in [-0.3, -0.25) is 0 Å². The van der Waals surface area contributed by atoms with Crippen LogP contribution in [0.5, 0.6) is 0 Å². The van der Waals surface area contributed by atoms with Gasteiger partial charge in [-0.1, -0.05) is 25.1 Å².